The quantitative estimate of drug-likeness (QED) is 0.710. The molecule has 0 atom stereocenters. The minimum atomic E-state index is -0.353. The number of halogens is 1. The molecule has 1 amide bonds. The van der Waals surface area contributed by atoms with Crippen molar-refractivity contribution in [2.45, 2.75) is 0 Å². The number of fused-ring (bicyclic) bond motifs is 1. The Morgan fingerprint density at radius 2 is 2.05 bits per heavy atom. The Morgan fingerprint density at radius 3 is 2.71 bits per heavy atom. The second-order valence-electron chi connectivity index (χ2n) is 4.56. The van der Waals surface area contributed by atoms with Crippen molar-refractivity contribution in [3.8, 4) is 11.3 Å². The van der Waals surface area contributed by atoms with Crippen molar-refractivity contribution in [1.82, 2.24) is 5.32 Å². The number of benzene rings is 2. The van der Waals surface area contributed by atoms with Crippen LogP contribution in [0.15, 0.2) is 40.8 Å². The Morgan fingerprint density at radius 1 is 1.33 bits per heavy atom. The van der Waals surface area contributed by atoms with Gasteiger partial charge < -0.3 is 15.5 Å². The second kappa shape index (κ2) is 4.94. The van der Waals surface area contributed by atoms with Crippen LogP contribution in [0.3, 0.4) is 0 Å². The summed E-state index contributed by atoms with van der Waals surface area (Å²) in [6, 6.07) is 11.8. The van der Waals surface area contributed by atoms with Crippen LogP contribution in [-0.2, 0) is 0 Å². The van der Waals surface area contributed by atoms with Gasteiger partial charge in [0, 0.05) is 35.8 Å². The lowest BCUT2D eigenvalue weighted by Gasteiger charge is -2.02. The van der Waals surface area contributed by atoms with Crippen LogP contribution >= 0.6 is 0 Å². The van der Waals surface area contributed by atoms with E-state index >= 15 is 0 Å². The molecule has 3 rings (SSSR count). The molecule has 2 aromatic carbocycles. The smallest absolute Gasteiger partial charge is 0.255 e. The number of nitrogens with one attached hydrogen (secondary N) is 1. The molecular weight excluding hydrogens is 271 g/mol. The number of carbonyl (C=O) groups is 1. The van der Waals surface area contributed by atoms with Gasteiger partial charge in [0.05, 0.1) is 5.56 Å². The number of furan rings is 1. The highest BCUT2D eigenvalue weighted by atomic mass is 19.1. The summed E-state index contributed by atoms with van der Waals surface area (Å²) < 4.78 is 18.8. The van der Waals surface area contributed by atoms with E-state index in [1.807, 2.05) is 0 Å². The molecule has 0 saturated heterocycles. The lowest BCUT2D eigenvalue weighted by Crippen LogP contribution is -2.18. The first-order valence-corrected chi connectivity index (χ1v) is 6.32. The van der Waals surface area contributed by atoms with Crippen LogP contribution in [0.1, 0.15) is 10.4 Å². The van der Waals surface area contributed by atoms with E-state index in [1.165, 1.54) is 19.2 Å². The number of carbonyl (C=O) groups excluding carboxylic acids is 1. The monoisotopic (exact) mass is 283 g/mol. The molecule has 0 aliphatic rings. The van der Waals surface area contributed by atoms with Crippen LogP contribution < -0.4 is 11.1 Å². The molecule has 3 N–H and O–H groups in total. The summed E-state index contributed by atoms with van der Waals surface area (Å²) in [6.07, 6.45) is 0. The summed E-state index contributed by atoms with van der Waals surface area (Å²) in [5, 5.41) is 3.19. The first-order chi connectivity index (χ1) is 10.1. The molecule has 0 aliphatic carbocycles. The number of hydrogen-bond acceptors (Lipinski definition) is 3. The molecule has 0 fully saturated rings. The van der Waals surface area contributed by atoms with Crippen molar-refractivity contribution in [3.05, 3.63) is 53.8 Å². The molecular formula is C16H12FN2O2. The van der Waals surface area contributed by atoms with E-state index in [0.29, 0.717) is 33.5 Å². The summed E-state index contributed by atoms with van der Waals surface area (Å²) in [5.41, 5.74) is 7.60. The highest BCUT2D eigenvalue weighted by Crippen LogP contribution is 2.34. The number of nitrogen functional groups attached to an aromatic ring is 1. The molecule has 105 valence electrons. The van der Waals surface area contributed by atoms with Crippen molar-refractivity contribution in [1.29, 1.82) is 0 Å². The minimum Gasteiger partial charge on any atom is -0.455 e. The van der Waals surface area contributed by atoms with Crippen LogP contribution in [0, 0.1) is 11.9 Å². The van der Waals surface area contributed by atoms with Gasteiger partial charge in [-0.05, 0) is 30.3 Å². The number of nitrogens with two attached hydrogens (primary N) is 1. The number of anilines is 1. The van der Waals surface area contributed by atoms with Gasteiger partial charge in [0.2, 0.25) is 0 Å². The van der Waals surface area contributed by atoms with Gasteiger partial charge in [-0.3, -0.25) is 4.79 Å². The fraction of sp³-hybridized carbons (Fsp3) is 0.0625. The van der Waals surface area contributed by atoms with Gasteiger partial charge in [-0.1, -0.05) is 0 Å². The van der Waals surface area contributed by atoms with Gasteiger partial charge in [0.1, 0.15) is 17.2 Å². The summed E-state index contributed by atoms with van der Waals surface area (Å²) in [4.78, 5) is 12.1. The van der Waals surface area contributed by atoms with E-state index < -0.39 is 0 Å². The third-order valence-electron chi connectivity index (χ3n) is 3.20. The molecule has 0 saturated carbocycles. The van der Waals surface area contributed by atoms with Gasteiger partial charge in [0.15, 0.2) is 0 Å². The molecule has 0 unspecified atom stereocenters. The number of amides is 1. The van der Waals surface area contributed by atoms with Crippen LogP contribution in [0.5, 0.6) is 0 Å². The van der Waals surface area contributed by atoms with Crippen molar-refractivity contribution in [2.24, 2.45) is 0 Å². The summed E-state index contributed by atoms with van der Waals surface area (Å²) in [6.45, 7) is 0. The van der Waals surface area contributed by atoms with Crippen LogP contribution in [0.25, 0.3) is 22.3 Å². The highest BCUT2D eigenvalue weighted by Gasteiger charge is 2.21. The van der Waals surface area contributed by atoms with E-state index in [-0.39, 0.29) is 11.7 Å². The van der Waals surface area contributed by atoms with Crippen molar-refractivity contribution in [2.75, 3.05) is 12.8 Å². The largest absolute Gasteiger partial charge is 0.455 e. The van der Waals surface area contributed by atoms with Crippen molar-refractivity contribution < 1.29 is 13.6 Å². The molecule has 0 aliphatic heterocycles. The minimum absolute atomic E-state index is 0.286. The fourth-order valence-electron chi connectivity index (χ4n) is 2.21. The predicted molar refractivity (Wildman–Crippen MR) is 78.2 cm³/mol. The molecule has 4 nitrogen and oxygen atoms in total. The van der Waals surface area contributed by atoms with E-state index in [2.05, 4.69) is 11.4 Å². The fourth-order valence-corrected chi connectivity index (χ4v) is 2.21. The van der Waals surface area contributed by atoms with Crippen LogP contribution in [0.2, 0.25) is 0 Å². The average molecular weight is 283 g/mol. The first kappa shape index (κ1) is 13.2. The zero-order valence-corrected chi connectivity index (χ0v) is 11.2. The molecule has 1 heterocycles. The third kappa shape index (κ3) is 2.23. The van der Waals surface area contributed by atoms with Gasteiger partial charge in [-0.2, -0.15) is 0 Å². The van der Waals surface area contributed by atoms with Gasteiger partial charge >= 0.3 is 0 Å². The standard InChI is InChI=1S/C16H12FN2O2/c1-19-16(20)14-12-7-6-11(18)8-13(12)21-15(14)9-2-4-10(17)5-3-9/h2-5,7-8H,18H2,1H3,(H,19,20). The Hall–Kier alpha value is -2.82. The predicted octanol–water partition coefficient (Wildman–Crippen LogP) is 2.98. The van der Waals surface area contributed by atoms with E-state index in [4.69, 9.17) is 10.2 Å². The maximum Gasteiger partial charge on any atom is 0.255 e. The Balaban J connectivity index is 2.30. The number of hydrogen-bond donors (Lipinski definition) is 2. The summed E-state index contributed by atoms with van der Waals surface area (Å²) in [7, 11) is 1.54. The third-order valence-corrected chi connectivity index (χ3v) is 3.20. The maximum atomic E-state index is 13.1. The average Bonchev–Trinajstić information content (AvgIpc) is 2.85. The zero-order chi connectivity index (χ0) is 15.0. The SMILES string of the molecule is CNC(=O)c1c(-c2ccc(F)cc2)oc2cc(N)[c]cc12. The van der Waals surface area contributed by atoms with E-state index in [0.717, 1.165) is 0 Å². The second-order valence-corrected chi connectivity index (χ2v) is 4.56. The molecule has 0 spiro atoms. The van der Waals surface area contributed by atoms with Gasteiger partial charge in [-0.15, -0.1) is 0 Å². The molecule has 5 heteroatoms. The number of rotatable bonds is 2. The first-order valence-electron chi connectivity index (χ1n) is 6.32. The lowest BCUT2D eigenvalue weighted by molar-refractivity contribution is 0.0964. The Kier molecular flexibility index (Phi) is 3.10. The molecule has 1 radical (unpaired) electrons. The van der Waals surface area contributed by atoms with Crippen LogP contribution in [0.4, 0.5) is 10.1 Å². The van der Waals surface area contributed by atoms with E-state index in [1.54, 1.807) is 24.3 Å². The summed E-state index contributed by atoms with van der Waals surface area (Å²) in [5.74, 6) is -0.261. The molecule has 3 aromatic rings. The molecule has 0 bridgehead atoms. The normalized spacial score (nSPS) is 10.8. The Labute approximate surface area is 120 Å². The Bertz CT molecular complexity index is 822. The molecule has 21 heavy (non-hydrogen) atoms. The lowest BCUT2D eigenvalue weighted by atomic mass is 10.0. The zero-order valence-electron chi connectivity index (χ0n) is 11.2. The highest BCUT2D eigenvalue weighted by molar-refractivity contribution is 6.11. The maximum absolute atomic E-state index is 13.1. The summed E-state index contributed by atoms with van der Waals surface area (Å²) >= 11 is 0. The van der Waals surface area contributed by atoms with Gasteiger partial charge in [-0.25, -0.2) is 4.39 Å². The topological polar surface area (TPSA) is 68.3 Å². The van der Waals surface area contributed by atoms with E-state index in [9.17, 15) is 9.18 Å². The van der Waals surface area contributed by atoms with Crippen molar-refractivity contribution in [3.63, 3.8) is 0 Å². The van der Waals surface area contributed by atoms with Crippen molar-refractivity contribution >= 4 is 22.6 Å². The van der Waals surface area contributed by atoms with Crippen LogP contribution in [-0.4, -0.2) is 13.0 Å². The molecule has 1 aromatic heterocycles. The van der Waals surface area contributed by atoms with Gasteiger partial charge in [0.25, 0.3) is 5.91 Å².